The van der Waals surface area contributed by atoms with Gasteiger partial charge in [0.25, 0.3) is 0 Å². The Kier molecular flexibility index (Phi) is 6.25. The molecule has 136 valence electrons. The fourth-order valence-corrected chi connectivity index (χ4v) is 5.56. The lowest BCUT2D eigenvalue weighted by Crippen LogP contribution is -2.39. The van der Waals surface area contributed by atoms with Gasteiger partial charge in [-0.3, -0.25) is 0 Å². The third kappa shape index (κ3) is 5.04. The number of hydrogen-bond acceptors (Lipinski definition) is 3. The summed E-state index contributed by atoms with van der Waals surface area (Å²) in [6, 6.07) is 23.1. The summed E-state index contributed by atoms with van der Waals surface area (Å²) in [4.78, 5) is 1.20. The topological polar surface area (TPSA) is 37.4 Å². The van der Waals surface area contributed by atoms with Crippen LogP contribution in [-0.2, 0) is 28.7 Å². The standard InChI is InChI=1S/C21H23NO2S2/c1-18(15-21-13-8-14-25-21)22(16-19-9-4-2-5-10-19)26(23,24)17-20-11-6-3-7-12-20/h2-14,18H,15-17H2,1H3/t18-/m1/s1. The van der Waals surface area contributed by atoms with Crippen molar-refractivity contribution in [2.24, 2.45) is 0 Å². The molecule has 0 saturated carbocycles. The number of sulfonamides is 1. The van der Waals surface area contributed by atoms with Gasteiger partial charge < -0.3 is 0 Å². The molecule has 1 atom stereocenters. The zero-order chi connectivity index (χ0) is 18.4. The van der Waals surface area contributed by atoms with Gasteiger partial charge in [-0.1, -0.05) is 66.7 Å². The fraction of sp³-hybridized carbons (Fsp3) is 0.238. The molecule has 3 nitrogen and oxygen atoms in total. The molecule has 3 aromatic rings. The molecule has 0 radical (unpaired) electrons. The van der Waals surface area contributed by atoms with Crippen molar-refractivity contribution in [3.05, 3.63) is 94.2 Å². The van der Waals surface area contributed by atoms with Crippen LogP contribution in [0.25, 0.3) is 0 Å². The summed E-state index contributed by atoms with van der Waals surface area (Å²) in [6.07, 6.45) is 0.721. The molecule has 5 heteroatoms. The molecule has 3 rings (SSSR count). The van der Waals surface area contributed by atoms with Crippen LogP contribution in [0, 0.1) is 0 Å². The summed E-state index contributed by atoms with van der Waals surface area (Å²) in [7, 11) is -3.44. The Morgan fingerprint density at radius 2 is 1.50 bits per heavy atom. The second-order valence-electron chi connectivity index (χ2n) is 6.41. The summed E-state index contributed by atoms with van der Waals surface area (Å²) in [5, 5.41) is 2.03. The normalized spacial score (nSPS) is 13.0. The molecule has 0 aliphatic rings. The maximum absolute atomic E-state index is 13.2. The highest BCUT2D eigenvalue weighted by atomic mass is 32.2. The summed E-state index contributed by atoms with van der Waals surface area (Å²) in [5.41, 5.74) is 1.82. The van der Waals surface area contributed by atoms with Crippen LogP contribution in [0.4, 0.5) is 0 Å². The zero-order valence-corrected chi connectivity index (χ0v) is 16.4. The first-order valence-electron chi connectivity index (χ1n) is 8.64. The van der Waals surface area contributed by atoms with Crippen LogP contribution in [0.3, 0.4) is 0 Å². The summed E-state index contributed by atoms with van der Waals surface area (Å²) >= 11 is 1.67. The van der Waals surface area contributed by atoms with E-state index in [1.165, 1.54) is 4.88 Å². The SMILES string of the molecule is C[C@H](Cc1cccs1)N(Cc1ccccc1)S(=O)(=O)Cc1ccccc1. The molecule has 26 heavy (non-hydrogen) atoms. The lowest BCUT2D eigenvalue weighted by atomic mass is 10.1. The van der Waals surface area contributed by atoms with E-state index in [-0.39, 0.29) is 11.8 Å². The minimum absolute atomic E-state index is 0.0233. The van der Waals surface area contributed by atoms with E-state index in [1.54, 1.807) is 15.6 Å². The minimum atomic E-state index is -3.44. The van der Waals surface area contributed by atoms with Gasteiger partial charge in [0.15, 0.2) is 0 Å². The van der Waals surface area contributed by atoms with Crippen molar-refractivity contribution in [1.29, 1.82) is 0 Å². The van der Waals surface area contributed by atoms with E-state index in [0.717, 1.165) is 17.5 Å². The Hall–Kier alpha value is -1.95. The molecular weight excluding hydrogens is 362 g/mol. The fourth-order valence-electron chi connectivity index (χ4n) is 2.98. The molecule has 0 spiro atoms. The van der Waals surface area contributed by atoms with Gasteiger partial charge in [-0.05, 0) is 35.9 Å². The van der Waals surface area contributed by atoms with Crippen molar-refractivity contribution in [2.45, 2.75) is 31.7 Å². The van der Waals surface area contributed by atoms with Crippen molar-refractivity contribution < 1.29 is 8.42 Å². The van der Waals surface area contributed by atoms with Crippen LogP contribution in [-0.4, -0.2) is 18.8 Å². The van der Waals surface area contributed by atoms with Gasteiger partial charge in [-0.2, -0.15) is 4.31 Å². The smallest absolute Gasteiger partial charge is 0.212 e. The van der Waals surface area contributed by atoms with E-state index in [4.69, 9.17) is 0 Å². The Labute approximate surface area is 160 Å². The third-order valence-corrected chi connectivity index (χ3v) is 7.10. The van der Waals surface area contributed by atoms with Crippen LogP contribution in [0.2, 0.25) is 0 Å². The van der Waals surface area contributed by atoms with Crippen molar-refractivity contribution in [3.8, 4) is 0 Å². The summed E-state index contributed by atoms with van der Waals surface area (Å²) in [6.45, 7) is 2.38. The predicted molar refractivity (Wildman–Crippen MR) is 109 cm³/mol. The van der Waals surface area contributed by atoms with Crippen LogP contribution < -0.4 is 0 Å². The lowest BCUT2D eigenvalue weighted by molar-refractivity contribution is 0.328. The molecule has 0 amide bonds. The third-order valence-electron chi connectivity index (χ3n) is 4.30. The van der Waals surface area contributed by atoms with Crippen LogP contribution in [0.15, 0.2) is 78.2 Å². The van der Waals surface area contributed by atoms with Gasteiger partial charge in [0, 0.05) is 17.5 Å². The van der Waals surface area contributed by atoms with Crippen molar-refractivity contribution >= 4 is 21.4 Å². The lowest BCUT2D eigenvalue weighted by Gasteiger charge is -2.28. The Morgan fingerprint density at radius 3 is 2.08 bits per heavy atom. The number of benzene rings is 2. The van der Waals surface area contributed by atoms with Crippen molar-refractivity contribution in [2.75, 3.05) is 0 Å². The monoisotopic (exact) mass is 385 g/mol. The molecule has 0 fully saturated rings. The summed E-state index contributed by atoms with van der Waals surface area (Å²) in [5.74, 6) is 0.0233. The molecule has 1 heterocycles. The van der Waals surface area contributed by atoms with Gasteiger partial charge >= 0.3 is 0 Å². The number of rotatable bonds is 8. The molecule has 2 aromatic carbocycles. The quantitative estimate of drug-likeness (QED) is 0.563. The van der Waals surface area contributed by atoms with Crippen molar-refractivity contribution in [1.82, 2.24) is 4.31 Å². The maximum Gasteiger partial charge on any atom is 0.218 e. The Morgan fingerprint density at radius 1 is 0.885 bits per heavy atom. The maximum atomic E-state index is 13.2. The first-order chi connectivity index (χ1) is 12.5. The van der Waals surface area contributed by atoms with E-state index in [2.05, 4.69) is 6.07 Å². The molecule has 0 bridgehead atoms. The number of nitrogens with zero attached hydrogens (tertiary/aromatic N) is 1. The average molecular weight is 386 g/mol. The second-order valence-corrected chi connectivity index (χ2v) is 9.36. The largest absolute Gasteiger partial charge is 0.218 e. The van der Waals surface area contributed by atoms with Crippen LogP contribution >= 0.6 is 11.3 Å². The van der Waals surface area contributed by atoms with E-state index in [0.29, 0.717) is 6.54 Å². The highest BCUT2D eigenvalue weighted by Gasteiger charge is 2.28. The predicted octanol–water partition coefficient (Wildman–Crippen LogP) is 4.71. The van der Waals surface area contributed by atoms with E-state index >= 15 is 0 Å². The number of thiophene rings is 1. The molecule has 0 aliphatic heterocycles. The highest BCUT2D eigenvalue weighted by Crippen LogP contribution is 2.21. The van der Waals surface area contributed by atoms with Crippen molar-refractivity contribution in [3.63, 3.8) is 0 Å². The zero-order valence-electron chi connectivity index (χ0n) is 14.8. The molecule has 0 saturated heterocycles. The highest BCUT2D eigenvalue weighted by molar-refractivity contribution is 7.88. The second kappa shape index (κ2) is 8.62. The Balaban J connectivity index is 1.85. The first-order valence-corrected chi connectivity index (χ1v) is 11.1. The number of hydrogen-bond donors (Lipinski definition) is 0. The molecular formula is C21H23NO2S2. The first kappa shape index (κ1) is 18.8. The van der Waals surface area contributed by atoms with Gasteiger partial charge in [0.05, 0.1) is 5.75 Å². The summed E-state index contributed by atoms with van der Waals surface area (Å²) < 4.78 is 28.1. The molecule has 0 aliphatic carbocycles. The van der Waals surface area contributed by atoms with Gasteiger partial charge in [0.2, 0.25) is 10.0 Å². The minimum Gasteiger partial charge on any atom is -0.212 e. The molecule has 0 N–H and O–H groups in total. The molecule has 1 aromatic heterocycles. The van der Waals surface area contributed by atoms with E-state index in [1.807, 2.05) is 79.0 Å². The van der Waals surface area contributed by atoms with Gasteiger partial charge in [-0.25, -0.2) is 8.42 Å². The van der Waals surface area contributed by atoms with Crippen LogP contribution in [0.5, 0.6) is 0 Å². The van der Waals surface area contributed by atoms with Gasteiger partial charge in [0.1, 0.15) is 0 Å². The Bertz CT molecular complexity index is 892. The van der Waals surface area contributed by atoms with E-state index in [9.17, 15) is 8.42 Å². The average Bonchev–Trinajstić information content (AvgIpc) is 3.14. The van der Waals surface area contributed by atoms with Gasteiger partial charge in [-0.15, -0.1) is 11.3 Å². The van der Waals surface area contributed by atoms with Crippen LogP contribution in [0.1, 0.15) is 22.9 Å². The molecule has 0 unspecified atom stereocenters. The van der Waals surface area contributed by atoms with E-state index < -0.39 is 10.0 Å².